The summed E-state index contributed by atoms with van der Waals surface area (Å²) in [5.74, 6) is 2.54. The summed E-state index contributed by atoms with van der Waals surface area (Å²) in [6.45, 7) is 4.67. The van der Waals surface area contributed by atoms with Crippen LogP contribution in [0.2, 0.25) is 0 Å². The van der Waals surface area contributed by atoms with Gasteiger partial charge >= 0.3 is 0 Å². The molecule has 2 rings (SSSR count). The van der Waals surface area contributed by atoms with Crippen LogP contribution in [0.25, 0.3) is 0 Å². The van der Waals surface area contributed by atoms with E-state index in [1.54, 1.807) is 6.20 Å². The van der Waals surface area contributed by atoms with E-state index in [0.29, 0.717) is 6.04 Å². The first-order valence-electron chi connectivity index (χ1n) is 6.13. The molecule has 1 aliphatic rings. The van der Waals surface area contributed by atoms with Crippen molar-refractivity contribution in [2.24, 2.45) is 11.8 Å². The molecular weight excluding hydrogens is 198 g/mol. The van der Waals surface area contributed by atoms with Gasteiger partial charge in [0, 0.05) is 6.04 Å². The molecule has 0 radical (unpaired) electrons. The highest BCUT2D eigenvalue weighted by Crippen LogP contribution is 2.30. The highest BCUT2D eigenvalue weighted by molar-refractivity contribution is 5.44. The summed E-state index contributed by atoms with van der Waals surface area (Å²) < 4.78 is 0. The van der Waals surface area contributed by atoms with E-state index >= 15 is 0 Å². The Kier molecular flexibility index (Phi) is 3.32. The number of nitrogen functional groups attached to an aromatic ring is 1. The van der Waals surface area contributed by atoms with E-state index in [4.69, 9.17) is 5.73 Å². The predicted octanol–water partition coefficient (Wildman–Crippen LogP) is 2.90. The Labute approximate surface area is 97.5 Å². The zero-order valence-corrected chi connectivity index (χ0v) is 10.1. The molecule has 0 amide bonds. The summed E-state index contributed by atoms with van der Waals surface area (Å²) in [6.07, 6.45) is 5.58. The van der Waals surface area contributed by atoms with Crippen molar-refractivity contribution in [3.63, 3.8) is 0 Å². The van der Waals surface area contributed by atoms with Gasteiger partial charge in [0.15, 0.2) is 0 Å². The first-order chi connectivity index (χ1) is 7.65. The minimum Gasteiger partial charge on any atom is -0.397 e. The number of rotatable bonds is 2. The number of aromatic nitrogens is 1. The van der Waals surface area contributed by atoms with E-state index in [0.717, 1.165) is 23.3 Å². The van der Waals surface area contributed by atoms with Crippen molar-refractivity contribution in [3.05, 3.63) is 18.3 Å². The Morgan fingerprint density at radius 3 is 2.75 bits per heavy atom. The van der Waals surface area contributed by atoms with E-state index in [2.05, 4.69) is 24.1 Å². The number of hydrogen-bond acceptors (Lipinski definition) is 3. The fraction of sp³-hybridized carbons (Fsp3) is 0.615. The molecule has 1 heterocycles. The molecule has 1 aromatic heterocycles. The Balaban J connectivity index is 1.96. The normalized spacial score (nSPS) is 30.0. The quantitative estimate of drug-likeness (QED) is 0.804. The van der Waals surface area contributed by atoms with E-state index in [-0.39, 0.29) is 0 Å². The van der Waals surface area contributed by atoms with Gasteiger partial charge in [-0.15, -0.1) is 0 Å². The van der Waals surface area contributed by atoms with Crippen LogP contribution < -0.4 is 11.1 Å². The third kappa shape index (κ3) is 2.65. The lowest BCUT2D eigenvalue weighted by molar-refractivity contribution is 0.276. The van der Waals surface area contributed by atoms with Crippen molar-refractivity contribution in [2.75, 3.05) is 11.1 Å². The Hall–Kier alpha value is -1.25. The molecule has 1 saturated carbocycles. The zero-order chi connectivity index (χ0) is 11.5. The van der Waals surface area contributed by atoms with E-state index in [9.17, 15) is 0 Å². The monoisotopic (exact) mass is 219 g/mol. The fourth-order valence-electron chi connectivity index (χ4n) is 2.56. The molecule has 3 nitrogen and oxygen atoms in total. The van der Waals surface area contributed by atoms with Crippen LogP contribution in [0, 0.1) is 11.8 Å². The van der Waals surface area contributed by atoms with Crippen LogP contribution in [0.4, 0.5) is 11.5 Å². The molecule has 3 heteroatoms. The van der Waals surface area contributed by atoms with Crippen molar-refractivity contribution in [1.29, 1.82) is 0 Å². The lowest BCUT2D eigenvalue weighted by Gasteiger charge is -2.33. The summed E-state index contributed by atoms with van der Waals surface area (Å²) >= 11 is 0. The molecule has 0 spiro atoms. The van der Waals surface area contributed by atoms with Crippen LogP contribution in [-0.2, 0) is 0 Å². The van der Waals surface area contributed by atoms with Crippen molar-refractivity contribution in [3.8, 4) is 0 Å². The molecule has 3 N–H and O–H groups in total. The van der Waals surface area contributed by atoms with Crippen molar-refractivity contribution >= 4 is 11.5 Å². The molecule has 1 fully saturated rings. The van der Waals surface area contributed by atoms with Gasteiger partial charge in [0.25, 0.3) is 0 Å². The number of nitrogens with zero attached hydrogens (tertiary/aromatic N) is 1. The number of nitrogens with two attached hydrogens (primary N) is 1. The number of nitrogens with one attached hydrogen (secondary N) is 1. The molecule has 0 bridgehead atoms. The SMILES string of the molecule is CC1CCC(Nc2ccc(N)cn2)C(C)C1. The van der Waals surface area contributed by atoms with Gasteiger partial charge in [-0.2, -0.15) is 0 Å². The number of pyridine rings is 1. The molecule has 88 valence electrons. The second kappa shape index (κ2) is 4.73. The summed E-state index contributed by atoms with van der Waals surface area (Å²) in [6, 6.07) is 4.42. The summed E-state index contributed by atoms with van der Waals surface area (Å²) in [5.41, 5.74) is 6.33. The molecule has 3 atom stereocenters. The summed E-state index contributed by atoms with van der Waals surface area (Å²) in [7, 11) is 0. The van der Waals surface area contributed by atoms with Crippen molar-refractivity contribution < 1.29 is 0 Å². The predicted molar refractivity (Wildman–Crippen MR) is 68.2 cm³/mol. The maximum atomic E-state index is 5.62. The van der Waals surface area contributed by atoms with E-state index in [1.165, 1.54) is 19.3 Å². The van der Waals surface area contributed by atoms with Crippen molar-refractivity contribution in [1.82, 2.24) is 4.98 Å². The number of anilines is 2. The number of hydrogen-bond donors (Lipinski definition) is 2. The molecule has 3 unspecified atom stereocenters. The second-order valence-corrected chi connectivity index (χ2v) is 5.12. The smallest absolute Gasteiger partial charge is 0.126 e. The van der Waals surface area contributed by atoms with Gasteiger partial charge in [0.1, 0.15) is 5.82 Å². The van der Waals surface area contributed by atoms with Gasteiger partial charge in [0.2, 0.25) is 0 Å². The van der Waals surface area contributed by atoms with Gasteiger partial charge < -0.3 is 11.1 Å². The van der Waals surface area contributed by atoms with Gasteiger partial charge in [0.05, 0.1) is 11.9 Å². The summed E-state index contributed by atoms with van der Waals surface area (Å²) in [4.78, 5) is 4.29. The minimum atomic E-state index is 0.562. The second-order valence-electron chi connectivity index (χ2n) is 5.12. The lowest BCUT2D eigenvalue weighted by atomic mass is 9.80. The molecule has 1 aliphatic carbocycles. The summed E-state index contributed by atoms with van der Waals surface area (Å²) in [5, 5.41) is 3.51. The third-order valence-corrected chi connectivity index (χ3v) is 3.55. The van der Waals surface area contributed by atoms with Gasteiger partial charge in [-0.05, 0) is 43.2 Å². The standard InChI is InChI=1S/C13H21N3/c1-9-3-5-12(10(2)7-9)16-13-6-4-11(14)8-15-13/h4,6,8-10,12H,3,5,7,14H2,1-2H3,(H,15,16). The molecule has 1 aromatic rings. The van der Waals surface area contributed by atoms with Gasteiger partial charge in [-0.25, -0.2) is 4.98 Å². The first-order valence-corrected chi connectivity index (χ1v) is 6.13. The van der Waals surface area contributed by atoms with Crippen LogP contribution in [-0.4, -0.2) is 11.0 Å². The molecule has 0 aliphatic heterocycles. The molecule has 0 saturated heterocycles. The average molecular weight is 219 g/mol. The average Bonchev–Trinajstić information content (AvgIpc) is 2.25. The zero-order valence-electron chi connectivity index (χ0n) is 10.1. The van der Waals surface area contributed by atoms with Crippen LogP contribution in [0.5, 0.6) is 0 Å². The highest BCUT2D eigenvalue weighted by Gasteiger charge is 2.25. The maximum Gasteiger partial charge on any atom is 0.126 e. The first kappa shape index (κ1) is 11.2. The van der Waals surface area contributed by atoms with Gasteiger partial charge in [-0.3, -0.25) is 0 Å². The third-order valence-electron chi connectivity index (χ3n) is 3.55. The molecule has 0 aromatic carbocycles. The molecule has 16 heavy (non-hydrogen) atoms. The minimum absolute atomic E-state index is 0.562. The van der Waals surface area contributed by atoms with Gasteiger partial charge in [-0.1, -0.05) is 13.8 Å². The Morgan fingerprint density at radius 2 is 2.12 bits per heavy atom. The maximum absolute atomic E-state index is 5.62. The highest BCUT2D eigenvalue weighted by atomic mass is 15.0. The fourth-order valence-corrected chi connectivity index (χ4v) is 2.56. The van der Waals surface area contributed by atoms with Crippen LogP contribution >= 0.6 is 0 Å². The Morgan fingerprint density at radius 1 is 1.31 bits per heavy atom. The largest absolute Gasteiger partial charge is 0.397 e. The van der Waals surface area contributed by atoms with Crippen LogP contribution in [0.1, 0.15) is 33.1 Å². The van der Waals surface area contributed by atoms with Crippen LogP contribution in [0.3, 0.4) is 0 Å². The van der Waals surface area contributed by atoms with Crippen LogP contribution in [0.15, 0.2) is 18.3 Å². The lowest BCUT2D eigenvalue weighted by Crippen LogP contribution is -2.33. The topological polar surface area (TPSA) is 50.9 Å². The van der Waals surface area contributed by atoms with E-state index < -0.39 is 0 Å². The Bertz CT molecular complexity index is 334. The molecular formula is C13H21N3. The van der Waals surface area contributed by atoms with E-state index in [1.807, 2.05) is 12.1 Å². The van der Waals surface area contributed by atoms with Crippen molar-refractivity contribution in [2.45, 2.75) is 39.2 Å².